The molecule has 0 radical (unpaired) electrons. The molecule has 0 aliphatic carbocycles. The molecule has 1 atom stereocenters. The number of hydrogen-bond donors (Lipinski definition) is 0. The lowest BCUT2D eigenvalue weighted by Crippen LogP contribution is -2.41. The van der Waals surface area contributed by atoms with Crippen LogP contribution < -0.4 is 0 Å². The van der Waals surface area contributed by atoms with Gasteiger partial charge in [-0.05, 0) is 18.4 Å². The van der Waals surface area contributed by atoms with Crippen LogP contribution in [0.15, 0.2) is 42.7 Å². The Labute approximate surface area is 194 Å². The van der Waals surface area contributed by atoms with E-state index in [2.05, 4.69) is 66.4 Å². The van der Waals surface area contributed by atoms with Crippen molar-refractivity contribution in [1.82, 2.24) is 9.80 Å². The molecule has 1 aromatic rings. The first-order valence-corrected chi connectivity index (χ1v) is 13.6. The van der Waals surface area contributed by atoms with E-state index >= 15 is 0 Å². The molecule has 0 spiro atoms. The zero-order valence-electron chi connectivity index (χ0n) is 20.7. The Morgan fingerprint density at radius 3 is 1.55 bits per heavy atom. The molecule has 0 saturated carbocycles. The van der Waals surface area contributed by atoms with Crippen molar-refractivity contribution in [3.05, 3.63) is 48.3 Å². The first kappa shape index (κ1) is 25.8. The SMILES string of the molecule is CCCCCCCCCCCCCCCCN1C=CN(CCC)C1Cc1ccccc1. The van der Waals surface area contributed by atoms with E-state index in [-0.39, 0.29) is 0 Å². The second kappa shape index (κ2) is 17.2. The Bertz CT molecular complexity index is 553. The average molecular weight is 427 g/mol. The molecule has 1 aliphatic rings. The van der Waals surface area contributed by atoms with Crippen LogP contribution in [-0.2, 0) is 6.42 Å². The molecule has 2 rings (SSSR count). The van der Waals surface area contributed by atoms with Gasteiger partial charge in [0.05, 0.1) is 0 Å². The topological polar surface area (TPSA) is 6.48 Å². The highest BCUT2D eigenvalue weighted by molar-refractivity contribution is 5.17. The fourth-order valence-electron chi connectivity index (χ4n) is 4.81. The zero-order chi connectivity index (χ0) is 22.0. The summed E-state index contributed by atoms with van der Waals surface area (Å²) >= 11 is 0. The fraction of sp³-hybridized carbons (Fsp3) is 0.724. The summed E-state index contributed by atoms with van der Waals surface area (Å²) in [6.45, 7) is 6.94. The van der Waals surface area contributed by atoms with Gasteiger partial charge in [-0.25, -0.2) is 0 Å². The van der Waals surface area contributed by atoms with Crippen LogP contribution in [0.4, 0.5) is 0 Å². The van der Waals surface area contributed by atoms with E-state index in [1.165, 1.54) is 108 Å². The Morgan fingerprint density at radius 1 is 0.548 bits per heavy atom. The van der Waals surface area contributed by atoms with Gasteiger partial charge in [-0.3, -0.25) is 0 Å². The van der Waals surface area contributed by atoms with Crippen LogP contribution in [0.3, 0.4) is 0 Å². The van der Waals surface area contributed by atoms with Gasteiger partial charge in [-0.15, -0.1) is 0 Å². The summed E-state index contributed by atoms with van der Waals surface area (Å²) in [6, 6.07) is 11.0. The quantitative estimate of drug-likeness (QED) is 0.204. The molecule has 176 valence electrons. The van der Waals surface area contributed by atoms with Gasteiger partial charge in [-0.2, -0.15) is 0 Å². The van der Waals surface area contributed by atoms with Crippen molar-refractivity contribution in [3.63, 3.8) is 0 Å². The summed E-state index contributed by atoms with van der Waals surface area (Å²) in [5, 5.41) is 0. The minimum absolute atomic E-state index is 0.504. The van der Waals surface area contributed by atoms with Crippen molar-refractivity contribution < 1.29 is 0 Å². The van der Waals surface area contributed by atoms with E-state index in [0.29, 0.717) is 6.17 Å². The molecule has 1 unspecified atom stereocenters. The summed E-state index contributed by atoms with van der Waals surface area (Å²) in [6.07, 6.45) is 27.5. The second-order valence-corrected chi connectivity index (χ2v) is 9.54. The average Bonchev–Trinajstić information content (AvgIpc) is 3.16. The van der Waals surface area contributed by atoms with Gasteiger partial charge in [0.25, 0.3) is 0 Å². The standard InChI is InChI=1S/C29H50N2/c1-3-5-6-7-8-9-10-11-12-13-14-15-16-20-24-31-26-25-30(23-4-2)29(31)27-28-21-18-17-19-22-28/h17-19,21-22,25-26,29H,3-16,20,23-24,27H2,1-2H3. The number of hydrogen-bond acceptors (Lipinski definition) is 2. The van der Waals surface area contributed by atoms with Crippen LogP contribution in [0.25, 0.3) is 0 Å². The molecular weight excluding hydrogens is 376 g/mol. The van der Waals surface area contributed by atoms with E-state index in [4.69, 9.17) is 0 Å². The van der Waals surface area contributed by atoms with Crippen LogP contribution >= 0.6 is 0 Å². The van der Waals surface area contributed by atoms with Gasteiger partial charge in [0.2, 0.25) is 0 Å². The highest BCUT2D eigenvalue weighted by Crippen LogP contribution is 2.21. The van der Waals surface area contributed by atoms with E-state index in [0.717, 1.165) is 13.0 Å². The smallest absolute Gasteiger partial charge is 0.105 e. The molecule has 2 heteroatoms. The monoisotopic (exact) mass is 426 g/mol. The maximum Gasteiger partial charge on any atom is 0.105 e. The Morgan fingerprint density at radius 2 is 1.03 bits per heavy atom. The first-order valence-electron chi connectivity index (χ1n) is 13.6. The third-order valence-electron chi connectivity index (χ3n) is 6.73. The Hall–Kier alpha value is -1.44. The summed E-state index contributed by atoms with van der Waals surface area (Å²) in [5.74, 6) is 0. The predicted molar refractivity (Wildman–Crippen MR) is 137 cm³/mol. The van der Waals surface area contributed by atoms with Crippen LogP contribution in [0.1, 0.15) is 116 Å². The second-order valence-electron chi connectivity index (χ2n) is 9.54. The lowest BCUT2D eigenvalue weighted by atomic mass is 10.0. The number of rotatable bonds is 19. The van der Waals surface area contributed by atoms with Gasteiger partial charge >= 0.3 is 0 Å². The summed E-state index contributed by atoms with van der Waals surface area (Å²) in [4.78, 5) is 5.12. The maximum absolute atomic E-state index is 2.59. The van der Waals surface area contributed by atoms with Crippen molar-refractivity contribution in [2.24, 2.45) is 0 Å². The summed E-state index contributed by atoms with van der Waals surface area (Å²) in [7, 11) is 0. The molecular formula is C29H50N2. The summed E-state index contributed by atoms with van der Waals surface area (Å²) < 4.78 is 0. The van der Waals surface area contributed by atoms with E-state index in [9.17, 15) is 0 Å². The molecule has 2 nitrogen and oxygen atoms in total. The van der Waals surface area contributed by atoms with Crippen molar-refractivity contribution in [3.8, 4) is 0 Å². The van der Waals surface area contributed by atoms with Gasteiger partial charge < -0.3 is 9.80 Å². The van der Waals surface area contributed by atoms with Gasteiger partial charge in [0.1, 0.15) is 6.17 Å². The Balaban J connectivity index is 1.50. The van der Waals surface area contributed by atoms with Crippen LogP contribution in [0.2, 0.25) is 0 Å². The highest BCUT2D eigenvalue weighted by Gasteiger charge is 2.25. The van der Waals surface area contributed by atoms with Gasteiger partial charge in [-0.1, -0.05) is 128 Å². The van der Waals surface area contributed by atoms with Crippen LogP contribution in [0, 0.1) is 0 Å². The van der Waals surface area contributed by atoms with Crippen LogP contribution in [0.5, 0.6) is 0 Å². The molecule has 0 amide bonds. The fourth-order valence-corrected chi connectivity index (χ4v) is 4.81. The first-order chi connectivity index (χ1) is 15.3. The van der Waals surface area contributed by atoms with E-state index < -0.39 is 0 Å². The molecule has 0 saturated heterocycles. The summed E-state index contributed by atoms with van der Waals surface area (Å²) in [5.41, 5.74) is 1.45. The molecule has 0 fully saturated rings. The van der Waals surface area contributed by atoms with Crippen molar-refractivity contribution >= 4 is 0 Å². The largest absolute Gasteiger partial charge is 0.356 e. The molecule has 1 aliphatic heterocycles. The van der Waals surface area contributed by atoms with Crippen LogP contribution in [-0.4, -0.2) is 29.1 Å². The minimum Gasteiger partial charge on any atom is -0.356 e. The molecule has 0 bridgehead atoms. The lowest BCUT2D eigenvalue weighted by molar-refractivity contribution is 0.150. The molecule has 0 N–H and O–H groups in total. The van der Waals surface area contributed by atoms with Crippen molar-refractivity contribution in [1.29, 1.82) is 0 Å². The van der Waals surface area contributed by atoms with E-state index in [1.54, 1.807) is 0 Å². The maximum atomic E-state index is 2.59. The zero-order valence-corrected chi connectivity index (χ0v) is 20.7. The van der Waals surface area contributed by atoms with Crippen molar-refractivity contribution in [2.45, 2.75) is 123 Å². The normalized spacial score (nSPS) is 15.9. The van der Waals surface area contributed by atoms with Gasteiger partial charge in [0.15, 0.2) is 0 Å². The highest BCUT2D eigenvalue weighted by atomic mass is 15.4. The predicted octanol–water partition coefficient (Wildman–Crippen LogP) is 8.54. The van der Waals surface area contributed by atoms with Crippen molar-refractivity contribution in [2.75, 3.05) is 13.1 Å². The van der Waals surface area contributed by atoms with Gasteiger partial charge in [0, 0.05) is 31.9 Å². The molecule has 1 aromatic carbocycles. The van der Waals surface area contributed by atoms with E-state index in [1.807, 2.05) is 0 Å². The number of unbranched alkanes of at least 4 members (excludes halogenated alkanes) is 13. The number of benzene rings is 1. The Kier molecular flexibility index (Phi) is 14.3. The third-order valence-corrected chi connectivity index (χ3v) is 6.73. The minimum atomic E-state index is 0.504. The lowest BCUT2D eigenvalue weighted by Gasteiger charge is -2.33. The molecule has 31 heavy (non-hydrogen) atoms. The third kappa shape index (κ3) is 11.1. The molecule has 0 aromatic heterocycles. The molecule has 1 heterocycles. The number of nitrogens with zero attached hydrogens (tertiary/aromatic N) is 2.